The first kappa shape index (κ1) is 16.5. The molecule has 2 nitrogen and oxygen atoms in total. The first-order chi connectivity index (χ1) is 9.85. The quantitative estimate of drug-likeness (QED) is 0.889. The van der Waals surface area contributed by atoms with Gasteiger partial charge in [-0.3, -0.25) is 0 Å². The molecule has 2 heteroatoms. The van der Waals surface area contributed by atoms with Crippen LogP contribution in [0.4, 0.5) is 0 Å². The van der Waals surface area contributed by atoms with Crippen molar-refractivity contribution in [2.24, 2.45) is 17.1 Å². The minimum absolute atomic E-state index is 0.106. The largest absolute Gasteiger partial charge is 0.369 e. The highest BCUT2D eigenvalue weighted by atomic mass is 16.5. The lowest BCUT2D eigenvalue weighted by molar-refractivity contribution is -0.0888. The maximum Gasteiger partial charge on any atom is 0.0808 e. The van der Waals surface area contributed by atoms with Gasteiger partial charge in [-0.15, -0.1) is 0 Å². The van der Waals surface area contributed by atoms with Crippen LogP contribution in [0.1, 0.15) is 57.6 Å². The number of ether oxygens (including phenoxy) is 1. The van der Waals surface area contributed by atoms with Crippen LogP contribution in [0.15, 0.2) is 24.3 Å². The van der Waals surface area contributed by atoms with Gasteiger partial charge >= 0.3 is 0 Å². The molecule has 0 bridgehead atoms. The number of rotatable bonds is 4. The molecule has 0 aliphatic heterocycles. The maximum atomic E-state index is 6.30. The van der Waals surface area contributed by atoms with Crippen molar-refractivity contribution in [3.8, 4) is 0 Å². The highest BCUT2D eigenvalue weighted by Crippen LogP contribution is 2.42. The van der Waals surface area contributed by atoms with E-state index in [4.69, 9.17) is 10.5 Å². The number of nitrogens with two attached hydrogens (primary N) is 1. The van der Waals surface area contributed by atoms with Gasteiger partial charge in [-0.05, 0) is 49.5 Å². The highest BCUT2D eigenvalue weighted by molar-refractivity contribution is 5.21. The second-order valence-electron chi connectivity index (χ2n) is 7.81. The molecule has 0 unspecified atom stereocenters. The molecule has 1 aromatic rings. The van der Waals surface area contributed by atoms with Crippen LogP contribution < -0.4 is 5.73 Å². The molecule has 0 amide bonds. The van der Waals surface area contributed by atoms with E-state index in [-0.39, 0.29) is 5.60 Å². The van der Waals surface area contributed by atoms with Crippen LogP contribution in [-0.4, -0.2) is 12.1 Å². The second kappa shape index (κ2) is 6.50. The molecule has 1 fully saturated rings. The summed E-state index contributed by atoms with van der Waals surface area (Å²) in [6, 6.07) is 8.55. The van der Waals surface area contributed by atoms with Crippen LogP contribution >= 0.6 is 0 Å². The third-order valence-electron chi connectivity index (χ3n) is 5.12. The molecule has 0 aromatic heterocycles. The Kier molecular flexibility index (Phi) is 5.11. The molecule has 1 aliphatic carbocycles. The van der Waals surface area contributed by atoms with Crippen molar-refractivity contribution in [1.82, 2.24) is 0 Å². The van der Waals surface area contributed by atoms with E-state index in [1.807, 2.05) is 0 Å². The van der Waals surface area contributed by atoms with Crippen LogP contribution in [0.3, 0.4) is 0 Å². The minimum Gasteiger partial charge on any atom is -0.369 e. The topological polar surface area (TPSA) is 35.2 Å². The Balaban J connectivity index is 1.94. The van der Waals surface area contributed by atoms with Crippen molar-refractivity contribution in [2.45, 2.75) is 65.6 Å². The van der Waals surface area contributed by atoms with E-state index in [9.17, 15) is 0 Å². The summed E-state index contributed by atoms with van der Waals surface area (Å²) in [5, 5.41) is 0. The van der Waals surface area contributed by atoms with Gasteiger partial charge in [0.15, 0.2) is 0 Å². The van der Waals surface area contributed by atoms with Crippen molar-refractivity contribution in [1.29, 1.82) is 0 Å². The third-order valence-corrected chi connectivity index (χ3v) is 5.12. The van der Waals surface area contributed by atoms with Gasteiger partial charge in [-0.1, -0.05) is 50.6 Å². The summed E-state index contributed by atoms with van der Waals surface area (Å²) < 4.78 is 6.30. The first-order valence-electron chi connectivity index (χ1n) is 8.24. The van der Waals surface area contributed by atoms with Gasteiger partial charge < -0.3 is 10.5 Å². The molecular formula is C19H31NO. The molecule has 2 N–H and O–H groups in total. The van der Waals surface area contributed by atoms with Crippen LogP contribution in [-0.2, 0) is 11.3 Å². The number of benzene rings is 1. The molecule has 0 atom stereocenters. The second-order valence-corrected chi connectivity index (χ2v) is 7.81. The molecule has 1 saturated carbocycles. The van der Waals surface area contributed by atoms with E-state index in [0.29, 0.717) is 18.6 Å². The fourth-order valence-corrected chi connectivity index (χ4v) is 3.46. The lowest BCUT2D eigenvalue weighted by Crippen LogP contribution is -2.45. The Bertz CT molecular complexity index is 453. The molecule has 2 rings (SSSR count). The van der Waals surface area contributed by atoms with Crippen LogP contribution in [0.2, 0.25) is 0 Å². The van der Waals surface area contributed by atoms with Gasteiger partial charge in [0.25, 0.3) is 0 Å². The van der Waals surface area contributed by atoms with Crippen molar-refractivity contribution in [3.05, 3.63) is 35.4 Å². The standard InChI is InChI=1S/C19H31NO/c1-15-6-5-7-16(12-15)13-21-19(14-20)10-8-17(9-11-19)18(2,3)4/h5-7,12,17H,8-11,13-14,20H2,1-4H3. The molecular weight excluding hydrogens is 258 g/mol. The Morgan fingerprint density at radius 2 is 1.90 bits per heavy atom. The Morgan fingerprint density at radius 1 is 1.24 bits per heavy atom. The van der Waals surface area contributed by atoms with E-state index in [2.05, 4.69) is 52.0 Å². The Labute approximate surface area is 130 Å². The first-order valence-corrected chi connectivity index (χ1v) is 8.24. The predicted molar refractivity (Wildman–Crippen MR) is 89.2 cm³/mol. The van der Waals surface area contributed by atoms with Gasteiger partial charge in [-0.25, -0.2) is 0 Å². The SMILES string of the molecule is Cc1cccc(COC2(CN)CCC(C(C)(C)C)CC2)c1. The fourth-order valence-electron chi connectivity index (χ4n) is 3.46. The van der Waals surface area contributed by atoms with Crippen LogP contribution in [0.5, 0.6) is 0 Å². The highest BCUT2D eigenvalue weighted by Gasteiger charge is 2.38. The van der Waals surface area contributed by atoms with E-state index in [1.165, 1.54) is 24.0 Å². The maximum absolute atomic E-state index is 6.30. The van der Waals surface area contributed by atoms with E-state index in [1.54, 1.807) is 0 Å². The summed E-state index contributed by atoms with van der Waals surface area (Å²) in [6.45, 7) is 10.5. The summed E-state index contributed by atoms with van der Waals surface area (Å²) in [5.74, 6) is 0.791. The molecule has 21 heavy (non-hydrogen) atoms. The lowest BCUT2D eigenvalue weighted by atomic mass is 9.68. The minimum atomic E-state index is -0.106. The van der Waals surface area contributed by atoms with Crippen molar-refractivity contribution in [2.75, 3.05) is 6.54 Å². The van der Waals surface area contributed by atoms with Gasteiger partial charge in [-0.2, -0.15) is 0 Å². The third kappa shape index (κ3) is 4.31. The summed E-state index contributed by atoms with van der Waals surface area (Å²) in [5.41, 5.74) is 8.89. The van der Waals surface area contributed by atoms with Crippen molar-refractivity contribution >= 4 is 0 Å². The van der Waals surface area contributed by atoms with Gasteiger partial charge in [0.2, 0.25) is 0 Å². The number of hydrogen-bond acceptors (Lipinski definition) is 2. The van der Waals surface area contributed by atoms with E-state index < -0.39 is 0 Å². The lowest BCUT2D eigenvalue weighted by Gasteiger charge is -2.43. The van der Waals surface area contributed by atoms with E-state index >= 15 is 0 Å². The van der Waals surface area contributed by atoms with E-state index in [0.717, 1.165) is 18.8 Å². The summed E-state index contributed by atoms with van der Waals surface area (Å²) in [4.78, 5) is 0. The molecule has 118 valence electrons. The smallest absolute Gasteiger partial charge is 0.0808 e. The zero-order chi connectivity index (χ0) is 15.5. The molecule has 0 radical (unpaired) electrons. The number of aryl methyl sites for hydroxylation is 1. The molecule has 0 spiro atoms. The average molecular weight is 289 g/mol. The predicted octanol–water partition coefficient (Wildman–Crippen LogP) is 4.45. The van der Waals surface area contributed by atoms with Crippen molar-refractivity contribution < 1.29 is 4.74 Å². The summed E-state index contributed by atoms with van der Waals surface area (Å²) in [7, 11) is 0. The van der Waals surface area contributed by atoms with Crippen molar-refractivity contribution in [3.63, 3.8) is 0 Å². The zero-order valence-electron chi connectivity index (χ0n) is 14.1. The van der Waals surface area contributed by atoms with Crippen LogP contribution in [0, 0.1) is 18.3 Å². The number of hydrogen-bond donors (Lipinski definition) is 1. The molecule has 0 saturated heterocycles. The average Bonchev–Trinajstić information content (AvgIpc) is 2.45. The fraction of sp³-hybridized carbons (Fsp3) is 0.684. The monoisotopic (exact) mass is 289 g/mol. The zero-order valence-corrected chi connectivity index (χ0v) is 14.1. The molecule has 1 aliphatic rings. The van der Waals surface area contributed by atoms with Gasteiger partial charge in [0, 0.05) is 6.54 Å². The Morgan fingerprint density at radius 3 is 2.43 bits per heavy atom. The molecule has 1 aromatic carbocycles. The summed E-state index contributed by atoms with van der Waals surface area (Å²) in [6.07, 6.45) is 4.65. The van der Waals surface area contributed by atoms with Gasteiger partial charge in [0.05, 0.1) is 12.2 Å². The van der Waals surface area contributed by atoms with Gasteiger partial charge in [0.1, 0.15) is 0 Å². The molecule has 0 heterocycles. The normalized spacial score (nSPS) is 26.8. The summed E-state index contributed by atoms with van der Waals surface area (Å²) >= 11 is 0. The Hall–Kier alpha value is -0.860. The van der Waals surface area contributed by atoms with Crippen LogP contribution in [0.25, 0.3) is 0 Å².